The van der Waals surface area contributed by atoms with Gasteiger partial charge in [-0.1, -0.05) is 29.8 Å². The average molecular weight is 393 g/mol. The standard InChI is InChI=1S/C18H17ClN2O6/c1-27-16-6-5-12(8-14(16)19)9-15(18(23)24)20-17(22)10-11-3-2-4-13(7-11)21(25)26/h2-8,15H,9-10H2,1H3,(H,20,22)(H,23,24)/t15-/m1/s1. The van der Waals surface area contributed by atoms with E-state index in [0.29, 0.717) is 21.9 Å². The molecule has 9 heteroatoms. The van der Waals surface area contributed by atoms with Crippen molar-refractivity contribution in [2.45, 2.75) is 18.9 Å². The maximum absolute atomic E-state index is 12.2. The number of amides is 1. The molecule has 2 aromatic carbocycles. The van der Waals surface area contributed by atoms with E-state index < -0.39 is 22.8 Å². The first kappa shape index (κ1) is 20.2. The van der Waals surface area contributed by atoms with Crippen LogP contribution in [0.1, 0.15) is 11.1 Å². The fourth-order valence-electron chi connectivity index (χ4n) is 2.48. The first-order valence-corrected chi connectivity index (χ1v) is 8.26. The normalized spacial score (nSPS) is 11.5. The molecule has 0 aliphatic heterocycles. The molecular formula is C18H17ClN2O6. The van der Waals surface area contributed by atoms with Gasteiger partial charge in [0.05, 0.1) is 23.5 Å². The second kappa shape index (κ2) is 9.00. The number of nitrogens with one attached hydrogen (secondary N) is 1. The van der Waals surface area contributed by atoms with Gasteiger partial charge in [0, 0.05) is 18.6 Å². The summed E-state index contributed by atoms with van der Waals surface area (Å²) in [5.41, 5.74) is 0.894. The molecule has 2 N–H and O–H groups in total. The van der Waals surface area contributed by atoms with Crippen LogP contribution in [-0.4, -0.2) is 35.1 Å². The lowest BCUT2D eigenvalue weighted by molar-refractivity contribution is -0.384. The number of benzene rings is 2. The zero-order valence-electron chi connectivity index (χ0n) is 14.3. The maximum atomic E-state index is 12.2. The summed E-state index contributed by atoms with van der Waals surface area (Å²) in [5.74, 6) is -1.29. The number of aliphatic carboxylic acids is 1. The topological polar surface area (TPSA) is 119 Å². The van der Waals surface area contributed by atoms with Crippen molar-refractivity contribution in [1.82, 2.24) is 5.32 Å². The Balaban J connectivity index is 2.06. The molecule has 8 nitrogen and oxygen atoms in total. The van der Waals surface area contributed by atoms with Gasteiger partial charge in [0.1, 0.15) is 11.8 Å². The average Bonchev–Trinajstić information content (AvgIpc) is 2.61. The van der Waals surface area contributed by atoms with Gasteiger partial charge in [-0.2, -0.15) is 0 Å². The van der Waals surface area contributed by atoms with Crippen molar-refractivity contribution >= 4 is 29.2 Å². The fourth-order valence-corrected chi connectivity index (χ4v) is 2.76. The van der Waals surface area contributed by atoms with Crippen molar-refractivity contribution in [2.75, 3.05) is 7.11 Å². The first-order valence-electron chi connectivity index (χ1n) is 7.88. The number of hydrogen-bond acceptors (Lipinski definition) is 5. The van der Waals surface area contributed by atoms with E-state index in [-0.39, 0.29) is 18.5 Å². The van der Waals surface area contributed by atoms with E-state index in [4.69, 9.17) is 16.3 Å². The molecule has 2 rings (SSSR count). The number of nitro benzene ring substituents is 1. The van der Waals surface area contributed by atoms with Crippen LogP contribution >= 0.6 is 11.6 Å². The van der Waals surface area contributed by atoms with Crippen LogP contribution in [0.4, 0.5) is 5.69 Å². The molecule has 142 valence electrons. The van der Waals surface area contributed by atoms with Crippen molar-refractivity contribution in [3.8, 4) is 5.75 Å². The van der Waals surface area contributed by atoms with Crippen LogP contribution in [0.2, 0.25) is 5.02 Å². The summed E-state index contributed by atoms with van der Waals surface area (Å²) in [4.78, 5) is 33.9. The van der Waals surface area contributed by atoms with Crippen molar-refractivity contribution in [2.24, 2.45) is 0 Å². The SMILES string of the molecule is COc1ccc(C[C@@H](NC(=O)Cc2cccc([N+](=O)[O-])c2)C(=O)O)cc1Cl. The fraction of sp³-hybridized carbons (Fsp3) is 0.222. The molecule has 27 heavy (non-hydrogen) atoms. The lowest BCUT2D eigenvalue weighted by atomic mass is 10.0. The summed E-state index contributed by atoms with van der Waals surface area (Å²) in [5, 5.41) is 22.9. The number of carbonyl (C=O) groups is 2. The van der Waals surface area contributed by atoms with Gasteiger partial charge in [0.15, 0.2) is 0 Å². The summed E-state index contributed by atoms with van der Waals surface area (Å²) >= 11 is 6.03. The summed E-state index contributed by atoms with van der Waals surface area (Å²) in [6, 6.07) is 9.30. The van der Waals surface area contributed by atoms with Crippen LogP contribution < -0.4 is 10.1 Å². The number of nitrogens with zero attached hydrogens (tertiary/aromatic N) is 1. The van der Waals surface area contributed by atoms with Gasteiger partial charge in [0.2, 0.25) is 5.91 Å². The van der Waals surface area contributed by atoms with E-state index in [1.807, 2.05) is 0 Å². The summed E-state index contributed by atoms with van der Waals surface area (Å²) < 4.78 is 5.04. The summed E-state index contributed by atoms with van der Waals surface area (Å²) in [6.07, 6.45) is -0.144. The third-order valence-corrected chi connectivity index (χ3v) is 4.07. The number of non-ortho nitro benzene ring substituents is 1. The van der Waals surface area contributed by atoms with Crippen LogP contribution in [-0.2, 0) is 22.4 Å². The highest BCUT2D eigenvalue weighted by Gasteiger charge is 2.21. The van der Waals surface area contributed by atoms with Gasteiger partial charge in [-0.25, -0.2) is 4.79 Å². The number of hydrogen-bond donors (Lipinski definition) is 2. The molecule has 0 fully saturated rings. The Hall–Kier alpha value is -3.13. The highest BCUT2D eigenvalue weighted by Crippen LogP contribution is 2.25. The highest BCUT2D eigenvalue weighted by atomic mass is 35.5. The van der Waals surface area contributed by atoms with Gasteiger partial charge in [-0.05, 0) is 23.3 Å². The van der Waals surface area contributed by atoms with Crippen LogP contribution in [0.15, 0.2) is 42.5 Å². The number of methoxy groups -OCH3 is 1. The van der Waals surface area contributed by atoms with Gasteiger partial charge in [-0.15, -0.1) is 0 Å². The predicted octanol–water partition coefficient (Wildman–Crippen LogP) is 2.61. The van der Waals surface area contributed by atoms with E-state index in [1.54, 1.807) is 24.3 Å². The highest BCUT2D eigenvalue weighted by molar-refractivity contribution is 6.32. The molecule has 0 aliphatic carbocycles. The Bertz CT molecular complexity index is 871. The number of rotatable bonds is 8. The predicted molar refractivity (Wildman–Crippen MR) is 98.1 cm³/mol. The van der Waals surface area contributed by atoms with Crippen LogP contribution in [0, 0.1) is 10.1 Å². The Morgan fingerprint density at radius 1 is 1.26 bits per heavy atom. The zero-order chi connectivity index (χ0) is 20.0. The molecular weight excluding hydrogens is 376 g/mol. The van der Waals surface area contributed by atoms with E-state index in [0.717, 1.165) is 0 Å². The molecule has 0 aromatic heterocycles. The molecule has 0 saturated carbocycles. The molecule has 1 amide bonds. The second-order valence-corrected chi connectivity index (χ2v) is 6.14. The van der Waals surface area contributed by atoms with E-state index >= 15 is 0 Å². The molecule has 0 unspecified atom stereocenters. The zero-order valence-corrected chi connectivity index (χ0v) is 15.1. The Morgan fingerprint density at radius 2 is 2.00 bits per heavy atom. The number of carbonyl (C=O) groups excluding carboxylic acids is 1. The third kappa shape index (κ3) is 5.68. The number of nitro groups is 1. The molecule has 1 atom stereocenters. The quantitative estimate of drug-likeness (QED) is 0.526. The third-order valence-electron chi connectivity index (χ3n) is 3.78. The number of carboxylic acids is 1. The lowest BCUT2D eigenvalue weighted by Crippen LogP contribution is -2.43. The maximum Gasteiger partial charge on any atom is 0.326 e. The minimum absolute atomic E-state index is 0.0275. The molecule has 0 aliphatic rings. The summed E-state index contributed by atoms with van der Waals surface area (Å²) in [7, 11) is 1.47. The summed E-state index contributed by atoms with van der Waals surface area (Å²) in [6.45, 7) is 0. The van der Waals surface area contributed by atoms with Crippen LogP contribution in [0.5, 0.6) is 5.75 Å². The monoisotopic (exact) mass is 392 g/mol. The van der Waals surface area contributed by atoms with Gasteiger partial charge >= 0.3 is 5.97 Å². The van der Waals surface area contributed by atoms with Crippen molar-refractivity contribution < 1.29 is 24.4 Å². The van der Waals surface area contributed by atoms with E-state index in [9.17, 15) is 24.8 Å². The van der Waals surface area contributed by atoms with Crippen molar-refractivity contribution in [3.05, 3.63) is 68.7 Å². The van der Waals surface area contributed by atoms with E-state index in [2.05, 4.69) is 5.32 Å². The molecule has 0 heterocycles. The van der Waals surface area contributed by atoms with Crippen LogP contribution in [0.3, 0.4) is 0 Å². The first-order chi connectivity index (χ1) is 12.8. The van der Waals surface area contributed by atoms with Gasteiger partial charge in [-0.3, -0.25) is 14.9 Å². The van der Waals surface area contributed by atoms with Gasteiger partial charge < -0.3 is 15.2 Å². The largest absolute Gasteiger partial charge is 0.495 e. The smallest absolute Gasteiger partial charge is 0.326 e. The molecule has 0 bridgehead atoms. The Kier molecular flexibility index (Phi) is 6.73. The Morgan fingerprint density at radius 3 is 2.59 bits per heavy atom. The van der Waals surface area contributed by atoms with Crippen molar-refractivity contribution in [3.63, 3.8) is 0 Å². The minimum atomic E-state index is -1.20. The molecule has 2 aromatic rings. The van der Waals surface area contributed by atoms with Gasteiger partial charge in [0.25, 0.3) is 5.69 Å². The molecule has 0 saturated heterocycles. The number of carboxylic acid groups (broad SMARTS) is 1. The van der Waals surface area contributed by atoms with E-state index in [1.165, 1.54) is 25.3 Å². The van der Waals surface area contributed by atoms with Crippen LogP contribution in [0.25, 0.3) is 0 Å². The lowest BCUT2D eigenvalue weighted by Gasteiger charge is -2.15. The number of halogens is 1. The second-order valence-electron chi connectivity index (χ2n) is 5.74. The number of ether oxygens (including phenoxy) is 1. The molecule has 0 radical (unpaired) electrons. The molecule has 0 spiro atoms. The Labute approximate surface area is 159 Å². The van der Waals surface area contributed by atoms with Crippen molar-refractivity contribution in [1.29, 1.82) is 0 Å². The minimum Gasteiger partial charge on any atom is -0.495 e.